The van der Waals surface area contributed by atoms with Gasteiger partial charge in [-0.05, 0) is 84.6 Å². The van der Waals surface area contributed by atoms with Gasteiger partial charge < -0.3 is 15.7 Å². The Bertz CT molecular complexity index is 3030. The normalized spacial score (nSPS) is 16.5. The number of nitrogens with one attached hydrogen (secondary N) is 2. The number of fused-ring (bicyclic) bond motifs is 2. The van der Waals surface area contributed by atoms with Gasteiger partial charge in [0.2, 0.25) is 22.2 Å². The first-order valence-electron chi connectivity index (χ1n) is 19.9. The van der Waals surface area contributed by atoms with Crippen LogP contribution in [0.3, 0.4) is 0 Å². The van der Waals surface area contributed by atoms with Gasteiger partial charge in [0.15, 0.2) is 0 Å². The molecule has 8 aromatic rings. The van der Waals surface area contributed by atoms with Crippen molar-refractivity contribution in [2.75, 3.05) is 10.6 Å². The molecule has 17 heteroatoms. The Labute approximate surface area is 380 Å². The minimum atomic E-state index is -0.132. The Morgan fingerprint density at radius 1 is 0.524 bits per heavy atom. The van der Waals surface area contributed by atoms with Crippen molar-refractivity contribution in [3.63, 3.8) is 0 Å². The molecule has 2 unspecified atom stereocenters. The molecule has 0 saturated heterocycles. The first kappa shape index (κ1) is 41.7. The lowest BCUT2D eigenvalue weighted by atomic mass is 10.0. The summed E-state index contributed by atoms with van der Waals surface area (Å²) in [5.74, 6) is 1.21. The van der Waals surface area contributed by atoms with Crippen LogP contribution in [0, 0.1) is 13.8 Å². The van der Waals surface area contributed by atoms with Gasteiger partial charge in [-0.25, -0.2) is 10.0 Å². The smallest absolute Gasteiger partial charge is 0.234 e. The summed E-state index contributed by atoms with van der Waals surface area (Å²) in [4.78, 5) is 9.54. The lowest BCUT2D eigenvalue weighted by molar-refractivity contribution is 0.438. The largest absolute Gasteiger partial charge is 0.506 e. The number of anilines is 2. The fourth-order valence-corrected chi connectivity index (χ4v) is 10.2. The minimum absolute atomic E-state index is 0.0462. The quantitative estimate of drug-likeness (QED) is 0.0830. The third-order valence-corrected chi connectivity index (χ3v) is 13.4. The van der Waals surface area contributed by atoms with Crippen molar-refractivity contribution in [1.82, 2.24) is 30.4 Å². The highest BCUT2D eigenvalue weighted by Gasteiger charge is 2.34. The number of aromatic hydroxyl groups is 1. The molecule has 10 rings (SSSR count). The zero-order valence-corrected chi connectivity index (χ0v) is 37.8. The van der Waals surface area contributed by atoms with Crippen molar-refractivity contribution in [2.45, 2.75) is 38.4 Å². The van der Waals surface area contributed by atoms with Crippen LogP contribution < -0.4 is 10.6 Å². The number of aliphatic imine (C=N–C) groups is 2. The number of aryl methyl sites for hydroxylation is 2. The molecule has 63 heavy (non-hydrogen) atoms. The average molecular weight is 905 g/mol. The van der Waals surface area contributed by atoms with Gasteiger partial charge in [-0.15, -0.1) is 20.4 Å². The fourth-order valence-electron chi connectivity index (χ4n) is 6.98. The predicted molar refractivity (Wildman–Crippen MR) is 264 cm³/mol. The summed E-state index contributed by atoms with van der Waals surface area (Å²) in [6, 6.07) is 46.5. The summed E-state index contributed by atoms with van der Waals surface area (Å²) in [6.45, 7) is 7.82. The molecule has 2 aliphatic heterocycles. The zero-order valence-electron chi connectivity index (χ0n) is 34.5. The number of hydrazone groups is 2. The number of rotatable bonds is 6. The number of para-hydroxylation sites is 3. The van der Waals surface area contributed by atoms with Crippen molar-refractivity contribution >= 4 is 111 Å². The van der Waals surface area contributed by atoms with Gasteiger partial charge in [0.1, 0.15) is 26.5 Å². The van der Waals surface area contributed by atoms with Gasteiger partial charge in [-0.1, -0.05) is 161 Å². The van der Waals surface area contributed by atoms with E-state index in [1.54, 1.807) is 41.7 Å². The van der Waals surface area contributed by atoms with Gasteiger partial charge in [-0.3, -0.25) is 0 Å². The highest BCUT2D eigenvalue weighted by molar-refractivity contribution is 8.14. The van der Waals surface area contributed by atoms with E-state index in [1.165, 1.54) is 44.4 Å². The number of nitrogens with zero attached hydrogens (tertiary/aromatic N) is 10. The van der Waals surface area contributed by atoms with Crippen LogP contribution >= 0.6 is 46.2 Å². The summed E-state index contributed by atoms with van der Waals surface area (Å²) in [5, 5.41) is 56.3. The van der Waals surface area contributed by atoms with Gasteiger partial charge in [0.25, 0.3) is 0 Å². The van der Waals surface area contributed by atoms with Crippen molar-refractivity contribution in [1.29, 1.82) is 0 Å². The van der Waals surface area contributed by atoms with Crippen LogP contribution in [-0.2, 0) is 0 Å². The number of aromatic nitrogens is 4. The monoisotopic (exact) mass is 904 g/mol. The third-order valence-electron chi connectivity index (χ3n) is 9.73. The van der Waals surface area contributed by atoms with E-state index in [-0.39, 0.29) is 16.5 Å². The molecule has 0 radical (unpaired) electrons. The molecule has 4 heterocycles. The Kier molecular flexibility index (Phi) is 12.4. The molecule has 0 spiro atoms. The molecule has 2 atom stereocenters. The molecule has 0 bridgehead atoms. The van der Waals surface area contributed by atoms with Crippen LogP contribution in [-0.4, -0.2) is 57.5 Å². The van der Waals surface area contributed by atoms with E-state index in [9.17, 15) is 5.11 Å². The Morgan fingerprint density at radius 2 is 0.984 bits per heavy atom. The van der Waals surface area contributed by atoms with Crippen LogP contribution in [0.25, 0.3) is 21.5 Å². The Morgan fingerprint density at radius 3 is 1.49 bits per heavy atom. The second-order valence-corrected chi connectivity index (χ2v) is 19.1. The average Bonchev–Trinajstić information content (AvgIpc) is 4.11. The summed E-state index contributed by atoms with van der Waals surface area (Å²) in [6.07, 6.45) is 0. The van der Waals surface area contributed by atoms with E-state index >= 15 is 0 Å². The van der Waals surface area contributed by atoms with E-state index in [0.717, 1.165) is 36.7 Å². The van der Waals surface area contributed by atoms with Gasteiger partial charge in [0.05, 0.1) is 15.8 Å². The van der Waals surface area contributed by atoms with E-state index in [0.29, 0.717) is 27.9 Å². The zero-order chi connectivity index (χ0) is 43.3. The predicted octanol–water partition coefficient (Wildman–Crippen LogP) is 12.1. The minimum Gasteiger partial charge on any atom is -0.506 e. The van der Waals surface area contributed by atoms with Crippen LogP contribution in [0.15, 0.2) is 160 Å². The molecular weight excluding hydrogens is 865 g/mol. The van der Waals surface area contributed by atoms with Crippen LogP contribution in [0.1, 0.15) is 45.7 Å². The number of phenolic OH excluding ortho intramolecular Hbond substituents is 1. The van der Waals surface area contributed by atoms with E-state index in [1.807, 2.05) is 86.2 Å². The lowest BCUT2D eigenvalue weighted by Gasteiger charge is -2.26. The highest BCUT2D eigenvalue weighted by atomic mass is 32.2. The van der Waals surface area contributed by atoms with E-state index in [4.69, 9.17) is 20.2 Å². The van der Waals surface area contributed by atoms with Crippen LogP contribution in [0.5, 0.6) is 5.75 Å². The number of benzene rings is 6. The Hall–Kier alpha value is -6.66. The maximum atomic E-state index is 10.3. The second kappa shape index (κ2) is 18.8. The topological polar surface area (TPSA) is 152 Å². The third kappa shape index (κ3) is 9.56. The molecule has 0 fully saturated rings. The summed E-state index contributed by atoms with van der Waals surface area (Å²) < 4.78 is 0. The molecule has 3 N–H and O–H groups in total. The van der Waals surface area contributed by atoms with Crippen molar-refractivity contribution in [3.05, 3.63) is 161 Å². The van der Waals surface area contributed by atoms with Crippen molar-refractivity contribution in [3.8, 4) is 5.75 Å². The lowest BCUT2D eigenvalue weighted by Crippen LogP contribution is -2.32. The molecular formula is C46H40N12OS4. The van der Waals surface area contributed by atoms with Crippen LogP contribution in [0.4, 0.5) is 21.6 Å². The van der Waals surface area contributed by atoms with E-state index < -0.39 is 0 Å². The van der Waals surface area contributed by atoms with Crippen molar-refractivity contribution < 1.29 is 5.11 Å². The molecule has 13 nitrogen and oxygen atoms in total. The fraction of sp³-hybridized carbons (Fsp3) is 0.130. The first-order chi connectivity index (χ1) is 30.8. The molecule has 6 aromatic carbocycles. The number of hydrogen-bond acceptors (Lipinski definition) is 13. The molecule has 0 aliphatic carbocycles. The SMILES string of the molecule is CC1=NN(/C(=N/c2nnc(C)s2)Nc2ccccc2)C(c2cccc3ccccc23)S1.CC1=NN(/C(=N/c2nnc(C)s2)Nc2ccccc2O)C(c2cccc3ccccc23)S1. The Balaban J connectivity index is 0.000000160. The second-order valence-electron chi connectivity index (χ2n) is 14.2. The maximum absolute atomic E-state index is 10.3. The van der Waals surface area contributed by atoms with E-state index in [2.05, 4.69) is 104 Å². The highest BCUT2D eigenvalue weighted by Crippen LogP contribution is 2.44. The van der Waals surface area contributed by atoms with Gasteiger partial charge in [0, 0.05) is 5.69 Å². The van der Waals surface area contributed by atoms with Crippen molar-refractivity contribution in [2.24, 2.45) is 20.2 Å². The molecule has 0 amide bonds. The number of phenols is 1. The summed E-state index contributed by atoms with van der Waals surface area (Å²) >= 11 is 6.23. The molecule has 0 saturated carbocycles. The first-order valence-corrected chi connectivity index (χ1v) is 23.3. The molecule has 314 valence electrons. The maximum Gasteiger partial charge on any atom is 0.234 e. The standard InChI is InChI=1S/C23H20N6OS2.C23H20N6S2/c1-14-26-27-23(32-14)25-22(24-19-12-5-6-13-20(19)30)29-21(31-15(2)28-29)18-11-7-9-16-8-3-4-10-17(16)18;1-15-26-27-23(31-15)25-22(24-18-11-4-3-5-12-18)29-21(30-16(2)28-29)20-14-8-10-17-9-6-7-13-19(17)20/h3-13,21,30H,1-2H3,(H,24,25,27);3-14,21H,1-2H3,(H,24,25,27). The number of thioether (sulfide) groups is 2. The summed E-state index contributed by atoms with van der Waals surface area (Å²) in [5.41, 5.74) is 3.80. The number of hydrogen-bond donors (Lipinski definition) is 3. The van der Waals surface area contributed by atoms with Crippen LogP contribution in [0.2, 0.25) is 0 Å². The summed E-state index contributed by atoms with van der Waals surface area (Å²) in [7, 11) is 0. The molecule has 2 aromatic heterocycles. The number of guanidine groups is 2. The van der Waals surface area contributed by atoms with Gasteiger partial charge in [-0.2, -0.15) is 20.2 Å². The van der Waals surface area contributed by atoms with Gasteiger partial charge >= 0.3 is 0 Å². The molecule has 2 aliphatic rings.